The molecule has 0 radical (unpaired) electrons. The van der Waals surface area contributed by atoms with E-state index in [0.29, 0.717) is 11.2 Å². The zero-order chi connectivity index (χ0) is 15.0. The monoisotopic (exact) mass is 324 g/mol. The van der Waals surface area contributed by atoms with Gasteiger partial charge in [0.1, 0.15) is 5.03 Å². The topological polar surface area (TPSA) is 80.0 Å². The zero-order valence-corrected chi connectivity index (χ0v) is 13.6. The second kappa shape index (κ2) is 5.66. The Morgan fingerprint density at radius 3 is 3.00 bits per heavy atom. The Bertz CT molecular complexity index is 811. The summed E-state index contributed by atoms with van der Waals surface area (Å²) in [5.74, 6) is 0. The molecule has 3 aromatic heterocycles. The van der Waals surface area contributed by atoms with Crippen molar-refractivity contribution >= 4 is 28.1 Å². The predicted octanol–water partition coefficient (Wildman–Crippen LogP) is 1.47. The van der Waals surface area contributed by atoms with Crippen LogP contribution in [0.15, 0.2) is 26.6 Å². The summed E-state index contributed by atoms with van der Waals surface area (Å²) in [7, 11) is 1.69. The fourth-order valence-electron chi connectivity index (χ4n) is 1.87. The number of imidazole rings is 1. The maximum Gasteiger partial charge on any atom is 0.343 e. The molecule has 2 N–H and O–H groups in total. The normalized spacial score (nSPS) is 11.8. The van der Waals surface area contributed by atoms with Gasteiger partial charge in [-0.2, -0.15) is 0 Å². The van der Waals surface area contributed by atoms with Crippen LogP contribution in [0.3, 0.4) is 0 Å². The van der Waals surface area contributed by atoms with Gasteiger partial charge in [-0.25, -0.2) is 14.9 Å². The highest BCUT2D eigenvalue weighted by atomic mass is 32.2. The number of aromatic nitrogens is 5. The van der Waals surface area contributed by atoms with Gasteiger partial charge in [0.25, 0.3) is 0 Å². The SMILES string of the molecule is CC(C)NCc1c(Sc2n[nH]c(=O)n2C)nc2sccn12. The molecular formula is C12H16N6OS2. The first-order valence-electron chi connectivity index (χ1n) is 6.53. The maximum atomic E-state index is 11.4. The molecule has 0 spiro atoms. The first-order valence-corrected chi connectivity index (χ1v) is 8.23. The molecule has 7 nitrogen and oxygen atoms in total. The summed E-state index contributed by atoms with van der Waals surface area (Å²) < 4.78 is 3.56. The van der Waals surface area contributed by atoms with Crippen molar-refractivity contribution in [3.63, 3.8) is 0 Å². The van der Waals surface area contributed by atoms with Crippen molar-refractivity contribution in [1.82, 2.24) is 29.5 Å². The number of fused-ring (bicyclic) bond motifs is 1. The predicted molar refractivity (Wildman–Crippen MR) is 83.0 cm³/mol. The molecular weight excluding hydrogens is 308 g/mol. The summed E-state index contributed by atoms with van der Waals surface area (Å²) >= 11 is 2.99. The van der Waals surface area contributed by atoms with Crippen molar-refractivity contribution in [2.24, 2.45) is 7.05 Å². The molecule has 0 aliphatic carbocycles. The van der Waals surface area contributed by atoms with Crippen LogP contribution in [0.25, 0.3) is 4.96 Å². The lowest BCUT2D eigenvalue weighted by molar-refractivity contribution is 0.574. The fraction of sp³-hybridized carbons (Fsp3) is 0.417. The summed E-state index contributed by atoms with van der Waals surface area (Å²) in [6, 6.07) is 0.391. The van der Waals surface area contributed by atoms with Gasteiger partial charge in [0.2, 0.25) is 0 Å². The number of nitrogens with zero attached hydrogens (tertiary/aromatic N) is 4. The first kappa shape index (κ1) is 14.4. The zero-order valence-electron chi connectivity index (χ0n) is 12.0. The molecule has 0 unspecified atom stereocenters. The molecule has 0 aromatic carbocycles. The maximum absolute atomic E-state index is 11.4. The van der Waals surface area contributed by atoms with E-state index in [0.717, 1.165) is 22.2 Å². The van der Waals surface area contributed by atoms with Gasteiger partial charge in [0.15, 0.2) is 10.1 Å². The number of hydrogen-bond donors (Lipinski definition) is 2. The minimum Gasteiger partial charge on any atom is -0.309 e. The summed E-state index contributed by atoms with van der Waals surface area (Å²) in [4.78, 5) is 17.0. The molecule has 112 valence electrons. The highest BCUT2D eigenvalue weighted by Crippen LogP contribution is 2.29. The lowest BCUT2D eigenvalue weighted by atomic mass is 10.3. The van der Waals surface area contributed by atoms with Gasteiger partial charge in [-0.15, -0.1) is 16.4 Å². The highest BCUT2D eigenvalue weighted by Gasteiger charge is 2.17. The number of hydrogen-bond acceptors (Lipinski definition) is 6. The molecule has 3 heterocycles. The Balaban J connectivity index is 1.97. The largest absolute Gasteiger partial charge is 0.343 e. The van der Waals surface area contributed by atoms with Gasteiger partial charge in [-0.05, 0) is 11.8 Å². The molecule has 0 aliphatic heterocycles. The van der Waals surface area contributed by atoms with Crippen LogP contribution < -0.4 is 11.0 Å². The quantitative estimate of drug-likeness (QED) is 0.743. The lowest BCUT2D eigenvalue weighted by Crippen LogP contribution is -2.22. The first-order chi connectivity index (χ1) is 10.1. The smallest absolute Gasteiger partial charge is 0.309 e. The van der Waals surface area contributed by atoms with Crippen molar-refractivity contribution in [3.05, 3.63) is 27.8 Å². The van der Waals surface area contributed by atoms with Crippen LogP contribution in [0.4, 0.5) is 0 Å². The average Bonchev–Trinajstić information content (AvgIpc) is 3.08. The van der Waals surface area contributed by atoms with Crippen LogP contribution in [0.1, 0.15) is 19.5 Å². The van der Waals surface area contributed by atoms with E-state index in [1.807, 2.05) is 11.6 Å². The summed E-state index contributed by atoms with van der Waals surface area (Å²) in [6.45, 7) is 4.93. The summed E-state index contributed by atoms with van der Waals surface area (Å²) in [6.07, 6.45) is 2.01. The minimum absolute atomic E-state index is 0.222. The minimum atomic E-state index is -0.222. The standard InChI is InChI=1S/C12H16N6OS2/c1-7(2)13-6-8-9(14-11-18(8)4-5-20-11)21-12-16-15-10(19)17(12)3/h4-5,7,13H,6H2,1-3H3,(H,15,19). The van der Waals surface area contributed by atoms with Crippen LogP contribution in [-0.4, -0.2) is 30.2 Å². The van der Waals surface area contributed by atoms with E-state index >= 15 is 0 Å². The molecule has 0 saturated heterocycles. The van der Waals surface area contributed by atoms with Crippen molar-refractivity contribution in [1.29, 1.82) is 0 Å². The number of nitrogens with one attached hydrogen (secondary N) is 2. The molecule has 9 heteroatoms. The van der Waals surface area contributed by atoms with Gasteiger partial charge < -0.3 is 5.32 Å². The van der Waals surface area contributed by atoms with Crippen LogP contribution >= 0.6 is 23.1 Å². The van der Waals surface area contributed by atoms with Crippen LogP contribution in [-0.2, 0) is 13.6 Å². The van der Waals surface area contributed by atoms with E-state index in [9.17, 15) is 4.79 Å². The third-order valence-corrected chi connectivity index (χ3v) is 4.85. The summed E-state index contributed by atoms with van der Waals surface area (Å²) in [5.41, 5.74) is 0.862. The second-order valence-corrected chi connectivity index (χ2v) is 6.76. The molecule has 3 aromatic rings. The van der Waals surface area contributed by atoms with Crippen LogP contribution in [0, 0.1) is 0 Å². The Morgan fingerprint density at radius 2 is 2.33 bits per heavy atom. The summed E-state index contributed by atoms with van der Waals surface area (Å²) in [5, 5.41) is 13.4. The van der Waals surface area contributed by atoms with Crippen LogP contribution in [0.5, 0.6) is 0 Å². The number of thiazole rings is 1. The Labute approximate surface area is 129 Å². The van der Waals surface area contributed by atoms with Crippen molar-refractivity contribution in [2.45, 2.75) is 36.6 Å². The van der Waals surface area contributed by atoms with Gasteiger partial charge in [0.05, 0.1) is 5.69 Å². The van der Waals surface area contributed by atoms with Gasteiger partial charge in [0, 0.05) is 31.2 Å². The third kappa shape index (κ3) is 2.76. The average molecular weight is 324 g/mol. The Hall–Kier alpha value is -1.58. The van der Waals surface area contributed by atoms with E-state index in [2.05, 4.69) is 38.7 Å². The number of rotatable bonds is 5. The highest BCUT2D eigenvalue weighted by molar-refractivity contribution is 7.99. The lowest BCUT2D eigenvalue weighted by Gasteiger charge is -2.08. The fourth-order valence-corrected chi connectivity index (χ4v) is 3.56. The van der Waals surface area contributed by atoms with E-state index in [1.54, 1.807) is 18.4 Å². The van der Waals surface area contributed by atoms with E-state index in [1.165, 1.54) is 16.3 Å². The molecule has 0 atom stereocenters. The molecule has 0 saturated carbocycles. The van der Waals surface area contributed by atoms with E-state index < -0.39 is 0 Å². The van der Waals surface area contributed by atoms with Gasteiger partial charge in [-0.1, -0.05) is 13.8 Å². The van der Waals surface area contributed by atoms with E-state index in [-0.39, 0.29) is 5.69 Å². The van der Waals surface area contributed by atoms with E-state index in [4.69, 9.17) is 0 Å². The Morgan fingerprint density at radius 1 is 1.52 bits per heavy atom. The number of H-pyrrole nitrogens is 1. The number of aromatic amines is 1. The second-order valence-electron chi connectivity index (χ2n) is 4.93. The van der Waals surface area contributed by atoms with Crippen molar-refractivity contribution < 1.29 is 0 Å². The van der Waals surface area contributed by atoms with Crippen molar-refractivity contribution in [3.8, 4) is 0 Å². The van der Waals surface area contributed by atoms with Gasteiger partial charge in [-0.3, -0.25) is 8.97 Å². The Kier molecular flexibility index (Phi) is 3.87. The molecule has 0 amide bonds. The van der Waals surface area contributed by atoms with Crippen molar-refractivity contribution in [2.75, 3.05) is 0 Å². The molecule has 21 heavy (non-hydrogen) atoms. The third-order valence-electron chi connectivity index (χ3n) is 3.03. The molecule has 0 aliphatic rings. The molecule has 0 bridgehead atoms. The van der Waals surface area contributed by atoms with Gasteiger partial charge >= 0.3 is 5.69 Å². The molecule has 0 fully saturated rings. The molecule has 3 rings (SSSR count). The van der Waals surface area contributed by atoms with Crippen LogP contribution in [0.2, 0.25) is 0 Å².